The van der Waals surface area contributed by atoms with Crippen molar-refractivity contribution < 1.29 is 85.7 Å². The first-order chi connectivity index (χ1) is 37.9. The Hall–Kier alpha value is -4.58. The highest BCUT2D eigenvalue weighted by molar-refractivity contribution is 5.85. The maximum absolute atomic E-state index is 12.2. The third-order valence-electron chi connectivity index (χ3n) is 21.1. The number of carbonyl (C=O) groups excluding carboxylic acids is 8. The topological polar surface area (TPSA) is 229 Å². The molecule has 11 fully saturated rings. The van der Waals surface area contributed by atoms with Crippen LogP contribution in [0.5, 0.6) is 0 Å². The standard InChI is InChI=1S/C16H24O6.C14H18O2.C13H20O4.C13H18O4.C7H14O2.8CH4/c1-6-15(2,3)14(18)20-11-8-7-9-12(10(8)19-13(11)17)22-16(4,5)21-9;15-14-13-9-4-8(10(13)5-16-14)11-6-1-2-7(3-6)12(9)11;2*1-4-13(2,3)12(15)17-10-8-6-5-7-9(8)16-11(10)14;1-5-7(2,3)6(8)9-4;;;;;;;;/h8-12H,6-7H2,1-5H3;6-13H,1-5H2;8-10H,4-7H2,1-3H3;5,7-10H,4,6H2,1-3H3;5H2,1-4H3;8*1H4. The van der Waals surface area contributed by atoms with Gasteiger partial charge in [-0.15, -0.1) is 0 Å². The molecular weight excluding hydrogens is 1140 g/mol. The molecule has 12 aliphatic rings. The zero-order valence-corrected chi connectivity index (χ0v) is 50.9. The Morgan fingerprint density at radius 2 is 0.955 bits per heavy atom. The third-order valence-corrected chi connectivity index (χ3v) is 21.1. The Balaban J connectivity index is 0.00000108. The number of cyclic esters (lactones) is 1. The van der Waals surface area contributed by atoms with Crippen molar-refractivity contribution in [1.82, 2.24) is 0 Å². The van der Waals surface area contributed by atoms with E-state index in [1.54, 1.807) is 0 Å². The summed E-state index contributed by atoms with van der Waals surface area (Å²) in [7, 11) is 1.42. The molecule has 6 saturated carbocycles. The van der Waals surface area contributed by atoms with Crippen molar-refractivity contribution in [3.63, 3.8) is 0 Å². The van der Waals surface area contributed by atoms with E-state index < -0.39 is 52.3 Å². The molecule has 0 aromatic rings. The minimum atomic E-state index is -0.843. The first-order valence-electron chi connectivity index (χ1n) is 30.5. The van der Waals surface area contributed by atoms with Gasteiger partial charge in [-0.2, -0.15) is 0 Å². The Morgan fingerprint density at radius 1 is 0.494 bits per heavy atom. The molecular formula is C71H126O18. The van der Waals surface area contributed by atoms with E-state index in [1.165, 1.54) is 32.8 Å². The molecule has 18 heteroatoms. The average Bonchev–Trinajstić information content (AvgIpc) is 1.54. The van der Waals surface area contributed by atoms with Crippen molar-refractivity contribution in [2.45, 2.75) is 294 Å². The Kier molecular flexibility index (Phi) is 30.7. The van der Waals surface area contributed by atoms with Crippen molar-refractivity contribution in [1.29, 1.82) is 0 Å². The molecule has 518 valence electrons. The summed E-state index contributed by atoms with van der Waals surface area (Å²) in [6.45, 7) is 26.9. The highest BCUT2D eigenvalue weighted by Crippen LogP contribution is 2.71. The van der Waals surface area contributed by atoms with Crippen molar-refractivity contribution >= 4 is 47.8 Å². The van der Waals surface area contributed by atoms with Crippen LogP contribution in [0.3, 0.4) is 0 Å². The van der Waals surface area contributed by atoms with E-state index in [1.807, 2.05) is 109 Å². The van der Waals surface area contributed by atoms with Crippen LogP contribution in [-0.2, 0) is 85.7 Å². The number of hydrogen-bond donors (Lipinski definition) is 0. The average molecular weight is 1270 g/mol. The molecule has 5 aliphatic heterocycles. The number of fused-ring (bicyclic) bond motifs is 17. The summed E-state index contributed by atoms with van der Waals surface area (Å²) in [6.07, 6.45) is 13.5. The predicted molar refractivity (Wildman–Crippen MR) is 345 cm³/mol. The number of allylic oxidation sites excluding steroid dienone is 1. The number of rotatable bonds is 11. The summed E-state index contributed by atoms with van der Waals surface area (Å²) < 4.78 is 53.6. The van der Waals surface area contributed by atoms with Gasteiger partial charge in [0, 0.05) is 17.8 Å². The lowest BCUT2D eigenvalue weighted by molar-refractivity contribution is -0.170. The maximum Gasteiger partial charge on any atom is 0.348 e. The zero-order chi connectivity index (χ0) is 59.5. The van der Waals surface area contributed by atoms with E-state index in [9.17, 15) is 38.4 Å². The van der Waals surface area contributed by atoms with Crippen molar-refractivity contribution in [3.8, 4) is 0 Å². The van der Waals surface area contributed by atoms with Gasteiger partial charge in [-0.1, -0.05) is 93.2 Å². The van der Waals surface area contributed by atoms with Crippen LogP contribution in [0.2, 0.25) is 0 Å². The Labute approximate surface area is 538 Å². The molecule has 0 aromatic carbocycles. The van der Waals surface area contributed by atoms with Gasteiger partial charge in [-0.3, -0.25) is 24.0 Å². The molecule has 0 spiro atoms. The first kappa shape index (κ1) is 84.4. The van der Waals surface area contributed by atoms with Crippen LogP contribution in [0.4, 0.5) is 0 Å². The fourth-order valence-electron chi connectivity index (χ4n) is 14.7. The smallest absolute Gasteiger partial charge is 0.348 e. The van der Waals surface area contributed by atoms with Gasteiger partial charge in [0.25, 0.3) is 0 Å². The summed E-state index contributed by atoms with van der Waals surface area (Å²) in [5, 5.41) is 0. The molecule has 89 heavy (non-hydrogen) atoms. The van der Waals surface area contributed by atoms with Gasteiger partial charge in [0.05, 0.1) is 53.3 Å². The highest BCUT2D eigenvalue weighted by atomic mass is 16.8. The molecule has 0 aromatic heterocycles. The second-order valence-electron chi connectivity index (χ2n) is 28.0. The monoisotopic (exact) mass is 1270 g/mol. The molecule has 0 amide bonds. The zero-order valence-electron chi connectivity index (χ0n) is 50.9. The second kappa shape index (κ2) is 32.3. The normalized spacial score (nSPS) is 34.6. The lowest BCUT2D eigenvalue weighted by Crippen LogP contribution is -2.38. The first-order valence-corrected chi connectivity index (χ1v) is 30.5. The number of hydrogen-bond acceptors (Lipinski definition) is 18. The van der Waals surface area contributed by atoms with Gasteiger partial charge >= 0.3 is 47.8 Å². The summed E-state index contributed by atoms with van der Waals surface area (Å²) in [4.78, 5) is 94.1. The minimum Gasteiger partial charge on any atom is -0.469 e. The quantitative estimate of drug-likeness (QED) is 0.0810. The number of carbonyl (C=O) groups is 8. The summed E-state index contributed by atoms with van der Waals surface area (Å²) in [5.41, 5.74) is -2.00. The highest BCUT2D eigenvalue weighted by Gasteiger charge is 2.69. The second-order valence-corrected chi connectivity index (χ2v) is 28.0. The van der Waals surface area contributed by atoms with E-state index in [2.05, 4.69) is 4.74 Å². The van der Waals surface area contributed by atoms with Crippen LogP contribution >= 0.6 is 0 Å². The largest absolute Gasteiger partial charge is 0.469 e. The van der Waals surface area contributed by atoms with Crippen molar-refractivity contribution in [2.24, 2.45) is 86.8 Å². The van der Waals surface area contributed by atoms with E-state index in [-0.39, 0.29) is 149 Å². The van der Waals surface area contributed by atoms with Crippen molar-refractivity contribution in [3.05, 3.63) is 12.2 Å². The fourth-order valence-corrected chi connectivity index (χ4v) is 14.7. The molecule has 0 radical (unpaired) electrons. The summed E-state index contributed by atoms with van der Waals surface area (Å²) in [5.74, 6) is 3.47. The van der Waals surface area contributed by atoms with Crippen LogP contribution in [0.25, 0.3) is 0 Å². The third kappa shape index (κ3) is 16.8. The predicted octanol–water partition coefficient (Wildman–Crippen LogP) is 14.5. The van der Waals surface area contributed by atoms with E-state index in [0.29, 0.717) is 37.5 Å². The van der Waals surface area contributed by atoms with Gasteiger partial charge in [0.15, 0.2) is 5.79 Å². The molecule has 0 N–H and O–H groups in total. The van der Waals surface area contributed by atoms with Crippen LogP contribution < -0.4 is 0 Å². The summed E-state index contributed by atoms with van der Waals surface area (Å²) in [6, 6.07) is 0. The van der Waals surface area contributed by atoms with Crippen LogP contribution in [-0.4, -0.2) is 116 Å². The lowest BCUT2D eigenvalue weighted by Gasteiger charge is -2.38. The number of methoxy groups -OCH3 is 1. The number of esters is 8. The molecule has 4 bridgehead atoms. The van der Waals surface area contributed by atoms with Crippen LogP contribution in [0, 0.1) is 86.8 Å². The van der Waals surface area contributed by atoms with Gasteiger partial charge in [-0.25, -0.2) is 14.4 Å². The molecule has 5 heterocycles. The maximum atomic E-state index is 12.2. The Morgan fingerprint density at radius 3 is 1.45 bits per heavy atom. The van der Waals surface area contributed by atoms with Gasteiger partial charge < -0.3 is 47.4 Å². The fraction of sp³-hybridized carbons (Fsp3) is 0.859. The molecule has 5 saturated heterocycles. The van der Waals surface area contributed by atoms with Crippen LogP contribution in [0.1, 0.15) is 240 Å². The minimum absolute atomic E-state index is 0. The van der Waals surface area contributed by atoms with Gasteiger partial charge in [0.1, 0.15) is 24.4 Å². The van der Waals surface area contributed by atoms with Gasteiger partial charge in [-0.05, 0) is 194 Å². The van der Waals surface area contributed by atoms with Crippen LogP contribution in [0.15, 0.2) is 12.2 Å². The number of ether oxygens (including phenoxy) is 10. The van der Waals surface area contributed by atoms with E-state index in [0.717, 1.165) is 74.2 Å². The molecule has 7 aliphatic carbocycles. The SMILES string of the molecule is C.C.C.C.C.C.C.C.CCC(C)(C)C(=O)OC.CCC(C)(C)C(=O)OC1C(=O)OC2C1CC1OC(C)(C)OC12.CCC(C)(C)C(=O)OC1C(=O)OC2C=CCC21.CCC(C)(C)C(=O)OC1C(=O)OC2CCCC21.O=C1OCC2C3CC(C12)C1C2CCC(C2)C31. The summed E-state index contributed by atoms with van der Waals surface area (Å²) >= 11 is 0. The molecule has 19 atom stereocenters. The van der Waals surface area contributed by atoms with Crippen molar-refractivity contribution in [2.75, 3.05) is 13.7 Å². The molecule has 19 unspecified atom stereocenters. The van der Waals surface area contributed by atoms with E-state index in [4.69, 9.17) is 42.6 Å². The molecule has 18 nitrogen and oxygen atoms in total. The van der Waals surface area contributed by atoms with E-state index >= 15 is 0 Å². The van der Waals surface area contributed by atoms with Gasteiger partial charge in [0.2, 0.25) is 18.3 Å². The Bertz CT molecular complexity index is 2390. The molecule has 12 rings (SSSR count). The lowest BCUT2D eigenvalue weighted by atomic mass is 9.64.